The normalized spacial score (nSPS) is 16.6. The van der Waals surface area contributed by atoms with Crippen molar-refractivity contribution in [2.75, 3.05) is 14.2 Å². The number of hydrogen-bond donors (Lipinski definition) is 1. The molecule has 1 N–H and O–H groups in total. The first kappa shape index (κ1) is 22.6. The highest BCUT2D eigenvalue weighted by Gasteiger charge is 2.34. The molecule has 0 aliphatic carbocycles. The van der Waals surface area contributed by atoms with Crippen LogP contribution in [0.15, 0.2) is 52.5 Å². The molecule has 1 aliphatic rings. The Morgan fingerprint density at radius 1 is 1.27 bits per heavy atom. The standard InChI is InChI=1S/C22H17F3N4O3S/c1-26-19-18(33-21(31)27-19)8-12-3-6-17-15(7-12)11-29(28-17)10-14-5-4-13(20(30)32-2)9-16(14)22(23,24)25/h3-9,11H,10H2,1-2H3,(H,26,27,31)/b18-8-. The van der Waals surface area contributed by atoms with Crippen LogP contribution in [0.2, 0.25) is 0 Å². The highest BCUT2D eigenvalue weighted by atomic mass is 32.2. The number of hydrogen-bond acceptors (Lipinski definition) is 6. The molecule has 0 unspecified atom stereocenters. The molecule has 2 aromatic carbocycles. The molecule has 0 radical (unpaired) electrons. The van der Waals surface area contributed by atoms with Gasteiger partial charge in [0.2, 0.25) is 0 Å². The van der Waals surface area contributed by atoms with Crippen molar-refractivity contribution in [2.45, 2.75) is 12.7 Å². The van der Waals surface area contributed by atoms with Gasteiger partial charge in [-0.3, -0.25) is 14.5 Å². The highest BCUT2D eigenvalue weighted by Crippen LogP contribution is 2.33. The highest BCUT2D eigenvalue weighted by molar-refractivity contribution is 8.18. The van der Waals surface area contributed by atoms with Crippen LogP contribution in [0, 0.1) is 0 Å². The van der Waals surface area contributed by atoms with Crippen LogP contribution in [0.3, 0.4) is 0 Å². The molecule has 0 spiro atoms. The number of carbonyl (C=O) groups excluding carboxylic acids is 2. The molecule has 0 saturated carbocycles. The Balaban J connectivity index is 1.65. The van der Waals surface area contributed by atoms with Crippen LogP contribution < -0.4 is 5.32 Å². The first-order valence-corrected chi connectivity index (χ1v) is 10.4. The lowest BCUT2D eigenvalue weighted by atomic mass is 10.0. The summed E-state index contributed by atoms with van der Waals surface area (Å²) < 4.78 is 46.8. The Hall–Kier alpha value is -3.60. The number of esters is 1. The molecule has 3 aromatic rings. The third-order valence-electron chi connectivity index (χ3n) is 4.92. The molecular formula is C22H17F3N4O3S. The Labute approximate surface area is 190 Å². The number of amides is 1. The second kappa shape index (κ2) is 8.74. The molecular weight excluding hydrogens is 457 g/mol. The summed E-state index contributed by atoms with van der Waals surface area (Å²) in [6.45, 7) is -0.137. The molecule has 2 heterocycles. The number of thioether (sulfide) groups is 1. The fraction of sp³-hybridized carbons (Fsp3) is 0.182. The number of nitrogens with one attached hydrogen (secondary N) is 1. The Kier molecular flexibility index (Phi) is 5.98. The summed E-state index contributed by atoms with van der Waals surface area (Å²) in [5.41, 5.74) is 0.276. The van der Waals surface area contributed by atoms with Gasteiger partial charge in [0.05, 0.1) is 35.2 Å². The first-order chi connectivity index (χ1) is 15.7. The van der Waals surface area contributed by atoms with E-state index in [1.54, 1.807) is 31.5 Å². The Morgan fingerprint density at radius 2 is 2.06 bits per heavy atom. The number of amidine groups is 1. The number of aliphatic imine (C=N–C) groups is 1. The topological polar surface area (TPSA) is 85.6 Å². The lowest BCUT2D eigenvalue weighted by Crippen LogP contribution is -2.18. The number of rotatable bonds is 4. The van der Waals surface area contributed by atoms with E-state index in [0.717, 1.165) is 35.9 Å². The molecule has 1 saturated heterocycles. The predicted octanol–water partition coefficient (Wildman–Crippen LogP) is 4.72. The molecule has 1 aliphatic heterocycles. The maximum Gasteiger partial charge on any atom is 0.416 e. The monoisotopic (exact) mass is 474 g/mol. The van der Waals surface area contributed by atoms with E-state index in [0.29, 0.717) is 16.3 Å². The quantitative estimate of drug-likeness (QED) is 0.554. The van der Waals surface area contributed by atoms with Crippen molar-refractivity contribution in [1.82, 2.24) is 15.1 Å². The van der Waals surface area contributed by atoms with Gasteiger partial charge in [0.15, 0.2) is 0 Å². The zero-order chi connectivity index (χ0) is 23.8. The second-order valence-corrected chi connectivity index (χ2v) is 8.12. The maximum absolute atomic E-state index is 13.6. The number of benzene rings is 2. The summed E-state index contributed by atoms with van der Waals surface area (Å²) in [5.74, 6) is -0.358. The van der Waals surface area contributed by atoms with Crippen LogP contribution in [-0.4, -0.2) is 41.0 Å². The Bertz CT molecular complexity index is 1330. The van der Waals surface area contributed by atoms with Crippen molar-refractivity contribution in [3.05, 3.63) is 69.8 Å². The van der Waals surface area contributed by atoms with Crippen LogP contribution in [0.25, 0.3) is 17.0 Å². The van der Waals surface area contributed by atoms with Crippen molar-refractivity contribution in [3.8, 4) is 0 Å². The van der Waals surface area contributed by atoms with Gasteiger partial charge in [-0.05, 0) is 53.2 Å². The molecule has 0 atom stereocenters. The van der Waals surface area contributed by atoms with Gasteiger partial charge in [-0.1, -0.05) is 12.1 Å². The molecule has 1 amide bonds. The molecule has 4 rings (SSSR count). The third-order valence-corrected chi connectivity index (χ3v) is 5.74. The van der Waals surface area contributed by atoms with E-state index in [1.807, 2.05) is 6.07 Å². The zero-order valence-corrected chi connectivity index (χ0v) is 18.3. The van der Waals surface area contributed by atoms with Gasteiger partial charge in [0.1, 0.15) is 5.84 Å². The predicted molar refractivity (Wildman–Crippen MR) is 119 cm³/mol. The molecule has 170 valence electrons. The average Bonchev–Trinajstić information content (AvgIpc) is 3.34. The van der Waals surface area contributed by atoms with E-state index in [9.17, 15) is 22.8 Å². The number of methoxy groups -OCH3 is 1. The summed E-state index contributed by atoms with van der Waals surface area (Å²) in [6, 6.07) is 8.72. The van der Waals surface area contributed by atoms with Gasteiger partial charge in [-0.15, -0.1) is 0 Å². The summed E-state index contributed by atoms with van der Waals surface area (Å²) in [7, 11) is 2.69. The van der Waals surface area contributed by atoms with Gasteiger partial charge < -0.3 is 10.1 Å². The minimum absolute atomic E-state index is 0.0268. The van der Waals surface area contributed by atoms with Crippen LogP contribution >= 0.6 is 11.8 Å². The molecule has 1 fully saturated rings. The first-order valence-electron chi connectivity index (χ1n) is 9.61. The van der Waals surface area contributed by atoms with Crippen LogP contribution in [-0.2, 0) is 17.5 Å². The second-order valence-electron chi connectivity index (χ2n) is 7.10. The molecule has 11 heteroatoms. The molecule has 33 heavy (non-hydrogen) atoms. The average molecular weight is 474 g/mol. The molecule has 1 aromatic heterocycles. The molecule has 0 bridgehead atoms. The van der Waals surface area contributed by atoms with Crippen molar-refractivity contribution in [3.63, 3.8) is 0 Å². The van der Waals surface area contributed by atoms with Gasteiger partial charge in [0, 0.05) is 18.6 Å². The fourth-order valence-electron chi connectivity index (χ4n) is 3.41. The van der Waals surface area contributed by atoms with E-state index in [4.69, 9.17) is 0 Å². The third kappa shape index (κ3) is 4.77. The minimum Gasteiger partial charge on any atom is -0.465 e. The summed E-state index contributed by atoms with van der Waals surface area (Å²) in [5, 5.41) is 7.52. The number of fused-ring (bicyclic) bond motifs is 1. The lowest BCUT2D eigenvalue weighted by molar-refractivity contribution is -0.138. The van der Waals surface area contributed by atoms with Crippen molar-refractivity contribution < 1.29 is 27.5 Å². The van der Waals surface area contributed by atoms with Crippen LogP contribution in [0.5, 0.6) is 0 Å². The number of aromatic nitrogens is 2. The van der Waals surface area contributed by atoms with E-state index < -0.39 is 17.7 Å². The SMILES string of the molecule is CN=C1NC(=O)S/C1=C\c1ccc2nn(Cc3ccc(C(=O)OC)cc3C(F)(F)F)cc2c1. The number of ether oxygens (including phenoxy) is 1. The van der Waals surface area contributed by atoms with Gasteiger partial charge >= 0.3 is 12.1 Å². The maximum atomic E-state index is 13.6. The van der Waals surface area contributed by atoms with E-state index in [-0.39, 0.29) is 22.9 Å². The van der Waals surface area contributed by atoms with Crippen molar-refractivity contribution in [2.24, 2.45) is 4.99 Å². The minimum atomic E-state index is -4.64. The number of carbonyl (C=O) groups is 2. The van der Waals surface area contributed by atoms with Crippen LogP contribution in [0.4, 0.5) is 18.0 Å². The number of halogens is 3. The summed E-state index contributed by atoms with van der Waals surface area (Å²) >= 11 is 1.03. The fourth-order valence-corrected chi connectivity index (χ4v) is 4.19. The van der Waals surface area contributed by atoms with Crippen LogP contribution in [0.1, 0.15) is 27.0 Å². The van der Waals surface area contributed by atoms with E-state index >= 15 is 0 Å². The van der Waals surface area contributed by atoms with Crippen molar-refractivity contribution in [1.29, 1.82) is 0 Å². The van der Waals surface area contributed by atoms with Gasteiger partial charge in [-0.2, -0.15) is 18.3 Å². The summed E-state index contributed by atoms with van der Waals surface area (Å²) in [6.07, 6.45) is -1.20. The largest absolute Gasteiger partial charge is 0.465 e. The number of nitrogens with zero attached hydrogens (tertiary/aromatic N) is 3. The zero-order valence-electron chi connectivity index (χ0n) is 17.4. The Morgan fingerprint density at radius 3 is 2.76 bits per heavy atom. The van der Waals surface area contributed by atoms with Crippen molar-refractivity contribution >= 4 is 45.8 Å². The van der Waals surface area contributed by atoms with Gasteiger partial charge in [0.25, 0.3) is 5.24 Å². The molecule has 7 nitrogen and oxygen atoms in total. The number of alkyl halides is 3. The van der Waals surface area contributed by atoms with Gasteiger partial charge in [-0.25, -0.2) is 4.79 Å². The lowest BCUT2D eigenvalue weighted by Gasteiger charge is -2.14. The van der Waals surface area contributed by atoms with E-state index in [1.165, 1.54) is 16.8 Å². The van der Waals surface area contributed by atoms with E-state index in [2.05, 4.69) is 20.1 Å². The summed E-state index contributed by atoms with van der Waals surface area (Å²) in [4.78, 5) is 27.9. The smallest absolute Gasteiger partial charge is 0.416 e.